The number of esters is 1. The van der Waals surface area contributed by atoms with Gasteiger partial charge in [-0.3, -0.25) is 14.3 Å². The predicted molar refractivity (Wildman–Crippen MR) is 104 cm³/mol. The molecule has 0 spiro atoms. The lowest BCUT2D eigenvalue weighted by Crippen LogP contribution is -2.37. The molecule has 0 bridgehead atoms. The zero-order valence-corrected chi connectivity index (χ0v) is 16.2. The van der Waals surface area contributed by atoms with Crippen molar-refractivity contribution in [2.24, 2.45) is 0 Å². The van der Waals surface area contributed by atoms with Crippen molar-refractivity contribution in [2.45, 2.75) is 11.8 Å². The van der Waals surface area contributed by atoms with Crippen LogP contribution in [0.15, 0.2) is 53.4 Å². The molecule has 0 fully saturated rings. The Morgan fingerprint density at radius 2 is 1.71 bits per heavy atom. The molecule has 2 aromatic carbocycles. The van der Waals surface area contributed by atoms with Gasteiger partial charge in [-0.25, -0.2) is 9.59 Å². The number of imide groups is 1. The fourth-order valence-corrected chi connectivity index (χ4v) is 3.14. The lowest BCUT2D eigenvalue weighted by atomic mass is 10.2. The van der Waals surface area contributed by atoms with Crippen LogP contribution in [0.2, 0.25) is 0 Å². The molecule has 1 atom stereocenters. The molecule has 148 valence electrons. The highest BCUT2D eigenvalue weighted by Gasteiger charge is 2.17. The number of ether oxygens (including phenoxy) is 2. The molecule has 2 aromatic rings. The van der Waals surface area contributed by atoms with Crippen LogP contribution in [0.25, 0.3) is 0 Å². The Balaban J connectivity index is 1.87. The summed E-state index contributed by atoms with van der Waals surface area (Å²) in [5, 5.41) is 4.52. The van der Waals surface area contributed by atoms with Crippen molar-refractivity contribution < 1.29 is 28.1 Å². The number of methoxy groups -OCH3 is 1. The van der Waals surface area contributed by atoms with Crippen LogP contribution in [0, 0.1) is 0 Å². The topological polar surface area (TPSA) is 111 Å². The Morgan fingerprint density at radius 3 is 2.36 bits per heavy atom. The SMILES string of the molecule is CCS(=O)c1ccccc1C(=O)OCC(=O)NC(=O)Nc1ccc(OC)cc1. The Kier molecular flexibility index (Phi) is 7.70. The number of urea groups is 1. The van der Waals surface area contributed by atoms with Crippen LogP contribution in [0.1, 0.15) is 17.3 Å². The first-order valence-electron chi connectivity index (χ1n) is 8.34. The number of hydrogen-bond donors (Lipinski definition) is 2. The van der Waals surface area contributed by atoms with Crippen molar-refractivity contribution in [3.63, 3.8) is 0 Å². The smallest absolute Gasteiger partial charge is 0.339 e. The Labute approximate surface area is 164 Å². The summed E-state index contributed by atoms with van der Waals surface area (Å²) in [6, 6.07) is 12.1. The zero-order valence-electron chi connectivity index (χ0n) is 15.4. The van der Waals surface area contributed by atoms with Gasteiger partial charge in [0.25, 0.3) is 5.91 Å². The van der Waals surface area contributed by atoms with Gasteiger partial charge < -0.3 is 14.8 Å². The second-order valence-corrected chi connectivity index (χ2v) is 7.15. The molecular formula is C19H20N2O6S. The first-order valence-corrected chi connectivity index (χ1v) is 9.66. The molecule has 0 heterocycles. The molecule has 9 heteroatoms. The van der Waals surface area contributed by atoms with Gasteiger partial charge in [-0.1, -0.05) is 19.1 Å². The molecule has 2 N–H and O–H groups in total. The van der Waals surface area contributed by atoms with Crippen LogP contribution in [0.4, 0.5) is 10.5 Å². The van der Waals surface area contributed by atoms with E-state index in [1.54, 1.807) is 49.4 Å². The van der Waals surface area contributed by atoms with E-state index in [4.69, 9.17) is 9.47 Å². The first-order chi connectivity index (χ1) is 13.4. The minimum atomic E-state index is -1.35. The maximum Gasteiger partial charge on any atom is 0.339 e. The van der Waals surface area contributed by atoms with E-state index in [0.29, 0.717) is 22.1 Å². The minimum absolute atomic E-state index is 0.123. The standard InChI is InChI=1S/C19H20N2O6S/c1-3-28(25)16-7-5-4-6-15(16)18(23)27-12-17(22)21-19(24)20-13-8-10-14(26-2)11-9-13/h4-11H,3,12H2,1-2H3,(H2,20,21,22,24). The third kappa shape index (κ3) is 5.92. The van der Waals surface area contributed by atoms with E-state index in [1.807, 2.05) is 0 Å². The average Bonchev–Trinajstić information content (AvgIpc) is 2.71. The second kappa shape index (κ2) is 10.2. The molecule has 0 aliphatic carbocycles. The highest BCUT2D eigenvalue weighted by molar-refractivity contribution is 7.85. The summed E-state index contributed by atoms with van der Waals surface area (Å²) in [4.78, 5) is 36.2. The summed E-state index contributed by atoms with van der Waals surface area (Å²) in [5.41, 5.74) is 0.581. The number of benzene rings is 2. The molecular weight excluding hydrogens is 384 g/mol. The summed E-state index contributed by atoms with van der Waals surface area (Å²) in [6.07, 6.45) is 0. The van der Waals surface area contributed by atoms with E-state index >= 15 is 0 Å². The van der Waals surface area contributed by atoms with E-state index in [1.165, 1.54) is 13.2 Å². The van der Waals surface area contributed by atoms with Gasteiger partial charge in [0, 0.05) is 11.4 Å². The van der Waals surface area contributed by atoms with Gasteiger partial charge in [-0.2, -0.15) is 0 Å². The van der Waals surface area contributed by atoms with Gasteiger partial charge in [0.2, 0.25) is 0 Å². The monoisotopic (exact) mass is 404 g/mol. The average molecular weight is 404 g/mol. The molecule has 0 aliphatic rings. The van der Waals surface area contributed by atoms with Gasteiger partial charge in [0.05, 0.1) is 28.4 Å². The largest absolute Gasteiger partial charge is 0.497 e. The van der Waals surface area contributed by atoms with E-state index in [-0.39, 0.29) is 5.56 Å². The molecule has 1 unspecified atom stereocenters. The fourth-order valence-electron chi connectivity index (χ4n) is 2.20. The van der Waals surface area contributed by atoms with Crippen molar-refractivity contribution in [3.05, 3.63) is 54.1 Å². The van der Waals surface area contributed by atoms with Crippen LogP contribution >= 0.6 is 0 Å². The first kappa shape index (κ1) is 21.1. The summed E-state index contributed by atoms with van der Waals surface area (Å²) in [7, 11) is 0.176. The summed E-state index contributed by atoms with van der Waals surface area (Å²) >= 11 is 0. The molecule has 0 radical (unpaired) electrons. The number of nitrogens with one attached hydrogen (secondary N) is 2. The second-order valence-electron chi connectivity index (χ2n) is 5.44. The third-order valence-electron chi connectivity index (χ3n) is 3.55. The van der Waals surface area contributed by atoms with Crippen LogP contribution in [-0.2, 0) is 20.3 Å². The van der Waals surface area contributed by atoms with Gasteiger partial charge in [-0.05, 0) is 36.4 Å². The number of anilines is 1. The van der Waals surface area contributed by atoms with Gasteiger partial charge >= 0.3 is 12.0 Å². The summed E-state index contributed by atoms with van der Waals surface area (Å²) in [5.74, 6) is -0.620. The van der Waals surface area contributed by atoms with E-state index < -0.39 is 35.3 Å². The van der Waals surface area contributed by atoms with E-state index in [2.05, 4.69) is 10.6 Å². The molecule has 28 heavy (non-hydrogen) atoms. The molecule has 0 aliphatic heterocycles. The van der Waals surface area contributed by atoms with Gasteiger partial charge in [-0.15, -0.1) is 0 Å². The fraction of sp³-hybridized carbons (Fsp3) is 0.211. The van der Waals surface area contributed by atoms with Crippen LogP contribution in [0.5, 0.6) is 5.75 Å². The molecule has 2 rings (SSSR count). The highest BCUT2D eigenvalue weighted by Crippen LogP contribution is 2.16. The van der Waals surface area contributed by atoms with Crippen LogP contribution in [-0.4, -0.2) is 41.6 Å². The Bertz CT molecular complexity index is 882. The maximum atomic E-state index is 12.2. The minimum Gasteiger partial charge on any atom is -0.497 e. The van der Waals surface area contributed by atoms with Crippen LogP contribution in [0.3, 0.4) is 0 Å². The number of hydrogen-bond acceptors (Lipinski definition) is 6. The van der Waals surface area contributed by atoms with Crippen molar-refractivity contribution in [2.75, 3.05) is 24.8 Å². The van der Waals surface area contributed by atoms with Gasteiger partial charge in [0.15, 0.2) is 6.61 Å². The van der Waals surface area contributed by atoms with Gasteiger partial charge in [0.1, 0.15) is 5.75 Å². The molecule has 0 saturated carbocycles. The maximum absolute atomic E-state index is 12.2. The molecule has 8 nitrogen and oxygen atoms in total. The summed E-state index contributed by atoms with van der Waals surface area (Å²) < 4.78 is 21.9. The van der Waals surface area contributed by atoms with Crippen molar-refractivity contribution >= 4 is 34.4 Å². The predicted octanol–water partition coefficient (Wildman–Crippen LogP) is 2.33. The third-order valence-corrected chi connectivity index (χ3v) is 4.92. The highest BCUT2D eigenvalue weighted by atomic mass is 32.2. The van der Waals surface area contributed by atoms with Crippen molar-refractivity contribution in [3.8, 4) is 5.75 Å². The van der Waals surface area contributed by atoms with E-state index in [9.17, 15) is 18.6 Å². The molecule has 3 amide bonds. The lowest BCUT2D eigenvalue weighted by molar-refractivity contribution is -0.123. The van der Waals surface area contributed by atoms with Crippen molar-refractivity contribution in [1.82, 2.24) is 5.32 Å². The number of rotatable bonds is 7. The lowest BCUT2D eigenvalue weighted by Gasteiger charge is -2.09. The molecule has 0 aromatic heterocycles. The number of amides is 3. The number of carbonyl (C=O) groups excluding carboxylic acids is 3. The van der Waals surface area contributed by atoms with Crippen molar-refractivity contribution in [1.29, 1.82) is 0 Å². The summed E-state index contributed by atoms with van der Waals surface area (Å²) in [6.45, 7) is 1.08. The Hall–Kier alpha value is -3.20. The van der Waals surface area contributed by atoms with Crippen LogP contribution < -0.4 is 15.4 Å². The Morgan fingerprint density at radius 1 is 1.04 bits per heavy atom. The zero-order chi connectivity index (χ0) is 20.5. The van der Waals surface area contributed by atoms with E-state index in [0.717, 1.165) is 0 Å². The normalized spacial score (nSPS) is 11.2. The molecule has 0 saturated heterocycles. The number of carbonyl (C=O) groups is 3. The quantitative estimate of drug-likeness (QED) is 0.685.